The second-order valence-electron chi connectivity index (χ2n) is 3.64. The molecule has 0 radical (unpaired) electrons. The quantitative estimate of drug-likeness (QED) is 0.864. The van der Waals surface area contributed by atoms with Gasteiger partial charge in [0.05, 0.1) is 0 Å². The number of rotatable bonds is 5. The van der Waals surface area contributed by atoms with Gasteiger partial charge in [0, 0.05) is 17.9 Å². The van der Waals surface area contributed by atoms with Gasteiger partial charge in [0.2, 0.25) is 0 Å². The van der Waals surface area contributed by atoms with E-state index in [0.29, 0.717) is 5.69 Å². The molecular formula is C11H14F3N2OS+. The Labute approximate surface area is 107 Å². The van der Waals surface area contributed by atoms with Crippen molar-refractivity contribution in [3.05, 3.63) is 30.3 Å². The van der Waals surface area contributed by atoms with Gasteiger partial charge in [-0.2, -0.15) is 13.2 Å². The molecule has 0 saturated heterocycles. The molecular weight excluding hydrogens is 265 g/mol. The third-order valence-electron chi connectivity index (χ3n) is 2.14. The average Bonchev–Trinajstić information content (AvgIpc) is 2.28. The molecule has 0 unspecified atom stereocenters. The van der Waals surface area contributed by atoms with E-state index in [1.54, 1.807) is 30.3 Å². The largest absolute Gasteiger partial charge is 0.441 e. The minimum atomic E-state index is -4.25. The Morgan fingerprint density at radius 2 is 1.94 bits per heavy atom. The number of anilines is 1. The van der Waals surface area contributed by atoms with Gasteiger partial charge in [0.15, 0.2) is 6.04 Å². The summed E-state index contributed by atoms with van der Waals surface area (Å²) >= 11 is -0.134. The van der Waals surface area contributed by atoms with Crippen LogP contribution in [0.3, 0.4) is 0 Å². The van der Waals surface area contributed by atoms with E-state index in [2.05, 4.69) is 11.1 Å². The summed E-state index contributed by atoms with van der Waals surface area (Å²) < 4.78 is 35.7. The van der Waals surface area contributed by atoms with Crippen LogP contribution in [0.4, 0.5) is 18.9 Å². The lowest BCUT2D eigenvalue weighted by atomic mass is 10.2. The van der Waals surface area contributed by atoms with Crippen molar-refractivity contribution in [2.24, 2.45) is 0 Å². The summed E-state index contributed by atoms with van der Waals surface area (Å²) in [6.45, 7) is 0. The zero-order valence-electron chi connectivity index (χ0n) is 9.54. The number of amides is 1. The normalized spacial score (nSPS) is 13.1. The summed E-state index contributed by atoms with van der Waals surface area (Å²) in [5, 5.41) is 2.60. The summed E-state index contributed by atoms with van der Waals surface area (Å²) in [5.41, 5.74) is -0.0826. The lowest BCUT2D eigenvalue weighted by molar-refractivity contribution is -0.402. The molecule has 1 amide bonds. The molecule has 3 nitrogen and oxygen atoms in total. The maximum atomic E-state index is 11.9. The fourth-order valence-corrected chi connectivity index (χ4v) is 1.85. The smallest absolute Gasteiger partial charge is 0.347 e. The topological polar surface area (TPSA) is 56.7 Å². The zero-order chi connectivity index (χ0) is 13.6. The van der Waals surface area contributed by atoms with Gasteiger partial charge in [-0.25, -0.2) is 0 Å². The van der Waals surface area contributed by atoms with Gasteiger partial charge in [0.25, 0.3) is 5.91 Å². The molecule has 0 spiro atoms. The summed E-state index contributed by atoms with van der Waals surface area (Å²) in [5.74, 6) is -0.538. The molecule has 0 heterocycles. The summed E-state index contributed by atoms with van der Waals surface area (Å²) in [7, 11) is 0. The van der Waals surface area contributed by atoms with Gasteiger partial charge in [0.1, 0.15) is 0 Å². The fourth-order valence-electron chi connectivity index (χ4n) is 1.21. The number of alkyl halides is 3. The SMILES string of the molecule is [NH3+][C@@H](CCSC(F)(F)F)C(=O)Nc1ccccc1. The Balaban J connectivity index is 2.34. The molecule has 4 N–H and O–H groups in total. The maximum absolute atomic E-state index is 11.9. The van der Waals surface area contributed by atoms with Crippen LogP contribution in [0.5, 0.6) is 0 Å². The number of quaternary nitrogens is 1. The van der Waals surface area contributed by atoms with Crippen LogP contribution in [-0.2, 0) is 4.79 Å². The van der Waals surface area contributed by atoms with Gasteiger partial charge in [-0.05, 0) is 12.1 Å². The van der Waals surface area contributed by atoms with Crippen LogP contribution >= 0.6 is 11.8 Å². The highest BCUT2D eigenvalue weighted by molar-refractivity contribution is 8.00. The monoisotopic (exact) mass is 279 g/mol. The molecule has 1 atom stereocenters. The van der Waals surface area contributed by atoms with Crippen molar-refractivity contribution in [3.8, 4) is 0 Å². The number of carbonyl (C=O) groups is 1. The van der Waals surface area contributed by atoms with Crippen molar-refractivity contribution in [1.82, 2.24) is 0 Å². The van der Waals surface area contributed by atoms with Crippen molar-refractivity contribution in [3.63, 3.8) is 0 Å². The van der Waals surface area contributed by atoms with Gasteiger partial charge in [-0.3, -0.25) is 4.79 Å². The third-order valence-corrected chi connectivity index (χ3v) is 2.91. The van der Waals surface area contributed by atoms with Gasteiger partial charge in [-0.15, -0.1) is 0 Å². The standard InChI is InChI=1S/C11H13F3N2OS/c12-11(13,14)18-7-6-9(15)10(17)16-8-4-2-1-3-5-8/h1-5,9H,6-7,15H2,(H,16,17)/p+1/t9-/m0/s1. The number of para-hydroxylation sites is 1. The Bertz CT molecular complexity index is 384. The number of thioether (sulfide) groups is 1. The molecule has 100 valence electrons. The van der Waals surface area contributed by atoms with E-state index in [1.165, 1.54) is 0 Å². The van der Waals surface area contributed by atoms with E-state index >= 15 is 0 Å². The molecule has 1 aromatic rings. The lowest BCUT2D eigenvalue weighted by Gasteiger charge is -2.10. The van der Waals surface area contributed by atoms with Crippen molar-refractivity contribution < 1.29 is 23.7 Å². The number of hydrogen-bond acceptors (Lipinski definition) is 2. The molecule has 18 heavy (non-hydrogen) atoms. The second kappa shape index (κ2) is 6.65. The molecule has 0 bridgehead atoms. The first-order valence-electron chi connectivity index (χ1n) is 5.28. The Hall–Kier alpha value is -1.21. The van der Waals surface area contributed by atoms with E-state index in [9.17, 15) is 18.0 Å². The Morgan fingerprint density at radius 1 is 1.33 bits per heavy atom. The molecule has 0 fully saturated rings. The van der Waals surface area contributed by atoms with Gasteiger partial charge in [-0.1, -0.05) is 30.0 Å². The van der Waals surface area contributed by atoms with Crippen LogP contribution in [0.15, 0.2) is 30.3 Å². The summed E-state index contributed by atoms with van der Waals surface area (Å²) in [4.78, 5) is 11.6. The van der Waals surface area contributed by atoms with Crippen LogP contribution < -0.4 is 11.1 Å². The van der Waals surface area contributed by atoms with Crippen molar-refractivity contribution in [2.75, 3.05) is 11.1 Å². The number of nitrogens with one attached hydrogen (secondary N) is 1. The van der Waals surface area contributed by atoms with Gasteiger partial charge >= 0.3 is 5.51 Å². The highest BCUT2D eigenvalue weighted by atomic mass is 32.2. The number of halogens is 3. The first-order chi connectivity index (χ1) is 8.38. The molecule has 0 saturated carbocycles. The molecule has 1 rings (SSSR count). The van der Waals surface area contributed by atoms with Crippen molar-refractivity contribution >= 4 is 23.4 Å². The van der Waals surface area contributed by atoms with Crippen LogP contribution in [0.1, 0.15) is 6.42 Å². The number of hydrogen-bond donors (Lipinski definition) is 2. The molecule has 1 aromatic carbocycles. The van der Waals surface area contributed by atoms with E-state index in [1.807, 2.05) is 0 Å². The molecule has 0 aliphatic heterocycles. The minimum absolute atomic E-state index is 0.0862. The third kappa shape index (κ3) is 5.92. The minimum Gasteiger partial charge on any atom is -0.347 e. The number of benzene rings is 1. The Kier molecular flexibility index (Phi) is 5.49. The number of carbonyl (C=O) groups excluding carboxylic acids is 1. The highest BCUT2D eigenvalue weighted by Crippen LogP contribution is 2.30. The lowest BCUT2D eigenvalue weighted by Crippen LogP contribution is -2.66. The predicted octanol–water partition coefficient (Wildman–Crippen LogP) is 1.88. The molecule has 0 aliphatic carbocycles. The van der Waals surface area contributed by atoms with Crippen LogP contribution in [-0.4, -0.2) is 23.2 Å². The fraction of sp³-hybridized carbons (Fsp3) is 0.364. The summed E-state index contributed by atoms with van der Waals surface area (Å²) in [6, 6.07) is 8.03. The maximum Gasteiger partial charge on any atom is 0.441 e. The van der Waals surface area contributed by atoms with Crippen molar-refractivity contribution in [1.29, 1.82) is 0 Å². The molecule has 0 aromatic heterocycles. The van der Waals surface area contributed by atoms with E-state index in [4.69, 9.17) is 0 Å². The first-order valence-corrected chi connectivity index (χ1v) is 6.27. The van der Waals surface area contributed by atoms with E-state index in [-0.39, 0.29) is 29.8 Å². The van der Waals surface area contributed by atoms with Crippen LogP contribution in [0, 0.1) is 0 Å². The first kappa shape index (κ1) is 14.8. The second-order valence-corrected chi connectivity index (χ2v) is 4.79. The summed E-state index contributed by atoms with van der Waals surface area (Å²) in [6.07, 6.45) is 0.0862. The Morgan fingerprint density at radius 3 is 2.50 bits per heavy atom. The van der Waals surface area contributed by atoms with Crippen LogP contribution in [0.25, 0.3) is 0 Å². The molecule has 0 aliphatic rings. The predicted molar refractivity (Wildman–Crippen MR) is 64.9 cm³/mol. The molecule has 7 heteroatoms. The van der Waals surface area contributed by atoms with E-state index < -0.39 is 11.6 Å². The van der Waals surface area contributed by atoms with Gasteiger partial charge < -0.3 is 11.1 Å². The van der Waals surface area contributed by atoms with Crippen LogP contribution in [0.2, 0.25) is 0 Å². The van der Waals surface area contributed by atoms with E-state index in [0.717, 1.165) is 0 Å². The van der Waals surface area contributed by atoms with Crippen molar-refractivity contribution in [2.45, 2.75) is 18.0 Å². The average molecular weight is 279 g/mol. The zero-order valence-corrected chi connectivity index (χ0v) is 10.4. The highest BCUT2D eigenvalue weighted by Gasteiger charge is 2.29.